The molecule has 0 radical (unpaired) electrons. The second kappa shape index (κ2) is 12.4. The Labute approximate surface area is 233 Å². The number of hydrogen-bond acceptors (Lipinski definition) is 6. The molecule has 0 bridgehead atoms. The highest BCUT2D eigenvalue weighted by atomic mass is 16.6. The fourth-order valence-electron chi connectivity index (χ4n) is 6.79. The van der Waals surface area contributed by atoms with Crippen LogP contribution in [0.4, 0.5) is 4.79 Å². The highest BCUT2D eigenvalue weighted by Crippen LogP contribution is 2.48. The van der Waals surface area contributed by atoms with Gasteiger partial charge in [-0.25, -0.2) is 4.79 Å². The summed E-state index contributed by atoms with van der Waals surface area (Å²) in [5.74, 6) is 0.959. The number of carbonyl (C=O) groups excluding carboxylic acids is 2. The van der Waals surface area contributed by atoms with Crippen molar-refractivity contribution in [2.75, 3.05) is 53.1 Å². The lowest BCUT2D eigenvalue weighted by Crippen LogP contribution is -2.54. The number of esters is 1. The van der Waals surface area contributed by atoms with Gasteiger partial charge in [0.1, 0.15) is 6.61 Å². The number of rotatable bonds is 13. The van der Waals surface area contributed by atoms with Crippen LogP contribution in [0.3, 0.4) is 0 Å². The molecule has 214 valence electrons. The van der Waals surface area contributed by atoms with E-state index in [0.717, 1.165) is 64.8 Å². The molecule has 39 heavy (non-hydrogen) atoms. The summed E-state index contributed by atoms with van der Waals surface area (Å²) in [6.07, 6.45) is 11.0. The molecule has 3 saturated carbocycles. The third-order valence-corrected chi connectivity index (χ3v) is 9.81. The molecule has 7 heteroatoms. The minimum Gasteiger partial charge on any atom is -0.469 e. The zero-order valence-electron chi connectivity index (χ0n) is 23.7. The summed E-state index contributed by atoms with van der Waals surface area (Å²) < 4.78 is 17.2. The molecule has 1 saturated heterocycles. The lowest BCUT2D eigenvalue weighted by atomic mass is 9.68. The zero-order valence-corrected chi connectivity index (χ0v) is 23.7. The molecule has 0 spiro atoms. The predicted octanol–water partition coefficient (Wildman–Crippen LogP) is 5.41. The highest BCUT2D eigenvalue weighted by molar-refractivity contribution is 5.78. The Hall–Kier alpha value is -2.38. The molecule has 2 atom stereocenters. The monoisotopic (exact) mass is 538 g/mol. The molecule has 1 amide bonds. The first-order valence-electron chi connectivity index (χ1n) is 15.0. The van der Waals surface area contributed by atoms with Gasteiger partial charge in [0, 0.05) is 37.1 Å². The Bertz CT molecular complexity index is 982. The summed E-state index contributed by atoms with van der Waals surface area (Å²) in [6.45, 7) is 8.61. The van der Waals surface area contributed by atoms with E-state index >= 15 is 0 Å². The fraction of sp³-hybridized carbons (Fsp3) is 0.688. The molecule has 1 aromatic carbocycles. The van der Waals surface area contributed by atoms with Gasteiger partial charge in [-0.2, -0.15) is 0 Å². The quantitative estimate of drug-likeness (QED) is 0.247. The van der Waals surface area contributed by atoms with Crippen molar-refractivity contribution in [1.82, 2.24) is 9.80 Å². The average molecular weight is 539 g/mol. The van der Waals surface area contributed by atoms with Crippen molar-refractivity contribution in [3.05, 3.63) is 48.6 Å². The summed E-state index contributed by atoms with van der Waals surface area (Å²) in [5.41, 5.74) is 0.810. The van der Waals surface area contributed by atoms with E-state index in [1.165, 1.54) is 31.9 Å². The van der Waals surface area contributed by atoms with Crippen molar-refractivity contribution in [2.24, 2.45) is 16.7 Å². The van der Waals surface area contributed by atoms with E-state index in [1.54, 1.807) is 6.08 Å². The number of carbonyl (C=O) groups is 2. The largest absolute Gasteiger partial charge is 0.469 e. The maximum Gasteiger partial charge on any atom is 0.410 e. The highest BCUT2D eigenvalue weighted by Gasteiger charge is 2.50. The third kappa shape index (κ3) is 6.51. The number of likely N-dealkylation sites (tertiary alicyclic amines) is 1. The molecule has 1 aliphatic heterocycles. The van der Waals surface area contributed by atoms with Crippen molar-refractivity contribution >= 4 is 12.1 Å². The molecular weight excluding hydrogens is 492 g/mol. The molecule has 3 aliphatic carbocycles. The van der Waals surface area contributed by atoms with E-state index < -0.39 is 0 Å². The van der Waals surface area contributed by atoms with Crippen LogP contribution in [0.5, 0.6) is 0 Å². The van der Waals surface area contributed by atoms with Gasteiger partial charge in [0.15, 0.2) is 0 Å². The molecule has 5 rings (SSSR count). The van der Waals surface area contributed by atoms with E-state index in [4.69, 9.17) is 14.2 Å². The minimum absolute atomic E-state index is 0.0637. The zero-order chi connectivity index (χ0) is 27.3. The number of benzene rings is 1. The van der Waals surface area contributed by atoms with E-state index in [-0.39, 0.29) is 35.5 Å². The van der Waals surface area contributed by atoms with Crippen molar-refractivity contribution in [3.8, 4) is 0 Å². The van der Waals surface area contributed by atoms with Gasteiger partial charge in [-0.05, 0) is 69.5 Å². The molecule has 1 heterocycles. The molecule has 0 unspecified atom stereocenters. The van der Waals surface area contributed by atoms with Crippen LogP contribution >= 0.6 is 0 Å². The summed E-state index contributed by atoms with van der Waals surface area (Å²) >= 11 is 0. The van der Waals surface area contributed by atoms with Gasteiger partial charge in [-0.3, -0.25) is 4.79 Å². The first kappa shape index (κ1) is 28.2. The molecule has 0 aromatic heterocycles. The van der Waals surface area contributed by atoms with Gasteiger partial charge < -0.3 is 24.0 Å². The van der Waals surface area contributed by atoms with Crippen LogP contribution in [0.15, 0.2) is 43.0 Å². The maximum absolute atomic E-state index is 13.4. The summed E-state index contributed by atoms with van der Waals surface area (Å²) in [4.78, 5) is 30.4. The minimum atomic E-state index is -0.340. The molecule has 4 fully saturated rings. The molecule has 1 aromatic rings. The van der Waals surface area contributed by atoms with Gasteiger partial charge in [-0.15, -0.1) is 0 Å². The Morgan fingerprint density at radius 1 is 1.10 bits per heavy atom. The topological polar surface area (TPSA) is 68.3 Å². The van der Waals surface area contributed by atoms with Gasteiger partial charge in [0.05, 0.1) is 19.1 Å². The number of methoxy groups -OCH3 is 1. The maximum atomic E-state index is 13.4. The van der Waals surface area contributed by atoms with Crippen LogP contribution < -0.4 is 0 Å². The molecule has 4 aliphatic rings. The SMILES string of the molecule is C=CCOC(=O)N(CC1(COCC2CCC2)CCN(CC2(C(=O)OC)CCC2)CC1)[C@@H]1C[C@H]1c1ccccc1. The first-order chi connectivity index (χ1) is 19.0. The van der Waals surface area contributed by atoms with Crippen molar-refractivity contribution in [1.29, 1.82) is 0 Å². The van der Waals surface area contributed by atoms with Crippen LogP contribution in [0.2, 0.25) is 0 Å². The normalized spacial score (nSPS) is 25.6. The van der Waals surface area contributed by atoms with Crippen LogP contribution in [0.1, 0.15) is 69.3 Å². The van der Waals surface area contributed by atoms with E-state index in [9.17, 15) is 9.59 Å². The van der Waals surface area contributed by atoms with Gasteiger partial charge in [0.2, 0.25) is 0 Å². The molecule has 0 N–H and O–H groups in total. The average Bonchev–Trinajstić information content (AvgIpc) is 3.71. The summed E-state index contributed by atoms with van der Waals surface area (Å²) in [6, 6.07) is 10.6. The van der Waals surface area contributed by atoms with E-state index in [1.807, 2.05) is 11.0 Å². The first-order valence-corrected chi connectivity index (χ1v) is 15.0. The molecule has 7 nitrogen and oxygen atoms in total. The number of nitrogens with zero attached hydrogens (tertiary/aromatic N) is 2. The third-order valence-electron chi connectivity index (χ3n) is 9.81. The van der Waals surface area contributed by atoms with E-state index in [0.29, 0.717) is 25.0 Å². The second-order valence-corrected chi connectivity index (χ2v) is 12.5. The van der Waals surface area contributed by atoms with Gasteiger partial charge >= 0.3 is 12.1 Å². The number of piperidine rings is 1. The summed E-state index contributed by atoms with van der Waals surface area (Å²) in [7, 11) is 1.50. The lowest BCUT2D eigenvalue weighted by Gasteiger charge is -2.48. The standard InChI is InChI=1S/C32H46N2O5/c1-3-19-39-30(36)34(28-20-27(28)26-11-5-4-6-12-26)22-31(24-38-21-25-9-7-10-25)15-17-33(18-16-31)23-32(13-8-14-32)29(35)37-2/h3-6,11-12,25,27-28H,1,7-10,13-24H2,2H3/t27-,28+/m0/s1. The second-order valence-electron chi connectivity index (χ2n) is 12.5. The molecular formula is C32H46N2O5. The Morgan fingerprint density at radius 3 is 2.44 bits per heavy atom. The lowest BCUT2D eigenvalue weighted by molar-refractivity contribution is -0.161. The van der Waals surface area contributed by atoms with Crippen molar-refractivity contribution in [2.45, 2.75) is 69.7 Å². The predicted molar refractivity (Wildman–Crippen MR) is 150 cm³/mol. The summed E-state index contributed by atoms with van der Waals surface area (Å²) in [5, 5.41) is 0. The fourth-order valence-corrected chi connectivity index (χ4v) is 6.79. The van der Waals surface area contributed by atoms with Gasteiger partial charge in [0.25, 0.3) is 0 Å². The Balaban J connectivity index is 1.28. The smallest absolute Gasteiger partial charge is 0.410 e. The van der Waals surface area contributed by atoms with Gasteiger partial charge in [-0.1, -0.05) is 55.8 Å². The Morgan fingerprint density at radius 2 is 1.85 bits per heavy atom. The number of amides is 1. The van der Waals surface area contributed by atoms with Crippen LogP contribution in [-0.4, -0.2) is 81.0 Å². The van der Waals surface area contributed by atoms with Crippen LogP contribution in [0, 0.1) is 16.7 Å². The van der Waals surface area contributed by atoms with E-state index in [2.05, 4.69) is 35.7 Å². The van der Waals surface area contributed by atoms with Crippen LogP contribution in [-0.2, 0) is 19.0 Å². The number of ether oxygens (including phenoxy) is 3. The number of hydrogen-bond donors (Lipinski definition) is 0. The van der Waals surface area contributed by atoms with Crippen molar-refractivity contribution in [3.63, 3.8) is 0 Å². The van der Waals surface area contributed by atoms with Crippen molar-refractivity contribution < 1.29 is 23.8 Å². The van der Waals surface area contributed by atoms with Crippen LogP contribution in [0.25, 0.3) is 0 Å². The Kier molecular flexibility index (Phi) is 8.97.